The lowest BCUT2D eigenvalue weighted by atomic mass is 10.1. The largest absolute Gasteiger partial charge is 0.467 e. The Kier molecular flexibility index (Phi) is 5.21. The van der Waals surface area contributed by atoms with E-state index in [4.69, 9.17) is 9.15 Å². The summed E-state index contributed by atoms with van der Waals surface area (Å²) in [6.45, 7) is 9.80. The molecule has 0 amide bonds. The molecule has 1 aromatic carbocycles. The summed E-state index contributed by atoms with van der Waals surface area (Å²) >= 11 is 0. The van der Waals surface area contributed by atoms with Gasteiger partial charge in [0.25, 0.3) is 0 Å². The number of hydrogen-bond donors (Lipinski definition) is 1. The van der Waals surface area contributed by atoms with Gasteiger partial charge in [-0.15, -0.1) is 0 Å². The molecule has 0 spiro atoms. The Morgan fingerprint density at radius 3 is 2.52 bits per heavy atom. The van der Waals surface area contributed by atoms with E-state index in [2.05, 4.69) is 45.1 Å². The lowest BCUT2D eigenvalue weighted by molar-refractivity contribution is 0.0413. The molecular weight excluding hydrogens is 262 g/mol. The van der Waals surface area contributed by atoms with Crippen LogP contribution in [0, 0.1) is 0 Å². The van der Waals surface area contributed by atoms with Crippen LogP contribution < -0.4 is 5.32 Å². The van der Waals surface area contributed by atoms with Gasteiger partial charge < -0.3 is 14.5 Å². The van der Waals surface area contributed by atoms with E-state index in [-0.39, 0.29) is 11.6 Å². The Morgan fingerprint density at radius 1 is 1.14 bits per heavy atom. The molecule has 0 fully saturated rings. The quantitative estimate of drug-likeness (QED) is 0.852. The van der Waals surface area contributed by atoms with E-state index >= 15 is 0 Å². The van der Waals surface area contributed by atoms with Crippen LogP contribution in [0.3, 0.4) is 0 Å². The third kappa shape index (κ3) is 5.03. The average Bonchev–Trinajstić information content (AvgIpc) is 2.90. The third-order valence-corrected chi connectivity index (χ3v) is 3.38. The average molecular weight is 287 g/mol. The summed E-state index contributed by atoms with van der Waals surface area (Å²) in [6, 6.07) is 12.2. The molecule has 0 bridgehead atoms. The Labute approximate surface area is 127 Å². The van der Waals surface area contributed by atoms with Gasteiger partial charge in [0.05, 0.1) is 12.4 Å². The molecule has 0 aliphatic rings. The molecule has 0 radical (unpaired) electrons. The van der Waals surface area contributed by atoms with Crippen molar-refractivity contribution in [3.8, 4) is 0 Å². The number of ether oxygens (including phenoxy) is 1. The summed E-state index contributed by atoms with van der Waals surface area (Å²) in [5, 5.41) is 3.47. The monoisotopic (exact) mass is 287 g/mol. The van der Waals surface area contributed by atoms with E-state index in [1.165, 1.54) is 5.56 Å². The van der Waals surface area contributed by atoms with Crippen molar-refractivity contribution in [2.75, 3.05) is 0 Å². The van der Waals surface area contributed by atoms with Crippen LogP contribution in [0.2, 0.25) is 0 Å². The maximum Gasteiger partial charge on any atom is 0.133 e. The minimum absolute atomic E-state index is 0.0553. The Bertz CT molecular complexity index is 540. The second kappa shape index (κ2) is 6.92. The topological polar surface area (TPSA) is 34.4 Å². The maximum absolute atomic E-state index is 5.92. The highest BCUT2D eigenvalue weighted by molar-refractivity contribution is 5.18. The van der Waals surface area contributed by atoms with Crippen LogP contribution in [0.4, 0.5) is 0 Å². The molecule has 0 aliphatic heterocycles. The molecule has 1 heterocycles. The Hall–Kier alpha value is -1.58. The minimum Gasteiger partial charge on any atom is -0.467 e. The van der Waals surface area contributed by atoms with Crippen molar-refractivity contribution in [2.45, 2.75) is 52.5 Å². The van der Waals surface area contributed by atoms with Crippen LogP contribution in [0.5, 0.6) is 0 Å². The molecule has 2 aromatic rings. The molecule has 0 saturated heterocycles. The van der Waals surface area contributed by atoms with Crippen LogP contribution in [0.25, 0.3) is 0 Å². The molecule has 0 saturated carbocycles. The summed E-state index contributed by atoms with van der Waals surface area (Å²) < 4.78 is 11.5. The zero-order chi connectivity index (χ0) is 15.3. The molecule has 1 atom stereocenters. The normalized spacial score (nSPS) is 13.3. The predicted molar refractivity (Wildman–Crippen MR) is 84.9 cm³/mol. The van der Waals surface area contributed by atoms with Gasteiger partial charge in [-0.3, -0.25) is 0 Å². The van der Waals surface area contributed by atoms with E-state index in [9.17, 15) is 0 Å². The van der Waals surface area contributed by atoms with Crippen molar-refractivity contribution in [1.82, 2.24) is 5.32 Å². The van der Waals surface area contributed by atoms with Gasteiger partial charge in [0.15, 0.2) is 0 Å². The van der Waals surface area contributed by atoms with E-state index in [1.807, 2.05) is 24.3 Å². The van der Waals surface area contributed by atoms with Gasteiger partial charge in [-0.2, -0.15) is 0 Å². The first-order valence-electron chi connectivity index (χ1n) is 7.42. The molecule has 21 heavy (non-hydrogen) atoms. The zero-order valence-electron chi connectivity index (χ0n) is 13.3. The van der Waals surface area contributed by atoms with Crippen molar-refractivity contribution < 1.29 is 9.15 Å². The molecule has 3 nitrogen and oxygen atoms in total. The van der Waals surface area contributed by atoms with Crippen molar-refractivity contribution in [3.63, 3.8) is 0 Å². The molecule has 1 aromatic heterocycles. The smallest absolute Gasteiger partial charge is 0.133 e. The molecule has 1 unspecified atom stereocenters. The second-order valence-corrected chi connectivity index (χ2v) is 6.34. The molecule has 2 rings (SSSR count). The number of benzene rings is 1. The summed E-state index contributed by atoms with van der Waals surface area (Å²) in [7, 11) is 0. The van der Waals surface area contributed by atoms with Crippen molar-refractivity contribution >= 4 is 0 Å². The van der Waals surface area contributed by atoms with E-state index in [0.29, 0.717) is 6.61 Å². The molecule has 1 N–H and O–H groups in total. The van der Waals surface area contributed by atoms with Gasteiger partial charge in [-0.05, 0) is 39.3 Å². The van der Waals surface area contributed by atoms with Gasteiger partial charge in [0, 0.05) is 17.6 Å². The maximum atomic E-state index is 5.92. The number of hydrogen-bond acceptors (Lipinski definition) is 3. The first kappa shape index (κ1) is 15.8. The number of furan rings is 1. The lowest BCUT2D eigenvalue weighted by Crippen LogP contribution is -2.35. The van der Waals surface area contributed by atoms with E-state index in [0.717, 1.165) is 17.9 Å². The van der Waals surface area contributed by atoms with Crippen LogP contribution >= 0.6 is 0 Å². The highest BCUT2D eigenvalue weighted by Crippen LogP contribution is 2.20. The van der Waals surface area contributed by atoms with Crippen LogP contribution in [0.1, 0.15) is 50.7 Å². The first-order chi connectivity index (χ1) is 9.96. The standard InChI is InChI=1S/C18H25NO2/c1-14(15-8-6-5-7-9-15)21-13-17-16(10-11-20-17)12-19-18(2,3)4/h5-11,14,19H,12-13H2,1-4H3. The second-order valence-electron chi connectivity index (χ2n) is 6.34. The number of rotatable bonds is 6. The molecule has 3 heteroatoms. The number of nitrogens with one attached hydrogen (secondary N) is 1. The van der Waals surface area contributed by atoms with Gasteiger partial charge in [0.1, 0.15) is 12.4 Å². The van der Waals surface area contributed by atoms with Crippen molar-refractivity contribution in [2.24, 2.45) is 0 Å². The van der Waals surface area contributed by atoms with Crippen molar-refractivity contribution in [3.05, 3.63) is 59.5 Å². The van der Waals surface area contributed by atoms with Crippen molar-refractivity contribution in [1.29, 1.82) is 0 Å². The molecular formula is C18H25NO2. The van der Waals surface area contributed by atoms with Gasteiger partial charge in [-0.1, -0.05) is 30.3 Å². The summed E-state index contributed by atoms with van der Waals surface area (Å²) in [5.74, 6) is 0.898. The third-order valence-electron chi connectivity index (χ3n) is 3.38. The van der Waals surface area contributed by atoms with Gasteiger partial charge in [-0.25, -0.2) is 0 Å². The summed E-state index contributed by atoms with van der Waals surface area (Å²) in [4.78, 5) is 0. The van der Waals surface area contributed by atoms with Crippen LogP contribution in [-0.2, 0) is 17.9 Å². The fraction of sp³-hybridized carbons (Fsp3) is 0.444. The molecule has 0 aliphatic carbocycles. The van der Waals surface area contributed by atoms with E-state index < -0.39 is 0 Å². The van der Waals surface area contributed by atoms with Crippen LogP contribution in [0.15, 0.2) is 47.1 Å². The SMILES string of the molecule is CC(OCc1occc1CNC(C)(C)C)c1ccccc1. The summed E-state index contributed by atoms with van der Waals surface area (Å²) in [5.41, 5.74) is 2.43. The van der Waals surface area contributed by atoms with E-state index in [1.54, 1.807) is 6.26 Å². The lowest BCUT2D eigenvalue weighted by Gasteiger charge is -2.20. The summed E-state index contributed by atoms with van der Waals surface area (Å²) in [6.07, 6.45) is 1.78. The minimum atomic E-state index is 0.0553. The fourth-order valence-corrected chi connectivity index (χ4v) is 2.03. The first-order valence-corrected chi connectivity index (χ1v) is 7.42. The highest BCUT2D eigenvalue weighted by Gasteiger charge is 2.13. The predicted octanol–water partition coefficient (Wildman–Crippen LogP) is 4.45. The molecule has 114 valence electrons. The highest BCUT2D eigenvalue weighted by atomic mass is 16.5. The van der Waals surface area contributed by atoms with Gasteiger partial charge in [0.2, 0.25) is 0 Å². The Morgan fingerprint density at radius 2 is 1.86 bits per heavy atom. The van der Waals surface area contributed by atoms with Crippen LogP contribution in [-0.4, -0.2) is 5.54 Å². The van der Waals surface area contributed by atoms with Gasteiger partial charge >= 0.3 is 0 Å². The fourth-order valence-electron chi connectivity index (χ4n) is 2.03. The Balaban J connectivity index is 1.90. The zero-order valence-corrected chi connectivity index (χ0v) is 13.3.